The van der Waals surface area contributed by atoms with Crippen molar-refractivity contribution in [3.63, 3.8) is 0 Å². The molecular weight excluding hydrogens is 258 g/mol. The molecule has 1 aromatic rings. The van der Waals surface area contributed by atoms with Gasteiger partial charge in [0.2, 0.25) is 5.91 Å². The predicted octanol–water partition coefficient (Wildman–Crippen LogP) is 2.40. The van der Waals surface area contributed by atoms with Gasteiger partial charge in [-0.1, -0.05) is 0 Å². The van der Waals surface area contributed by atoms with Crippen LogP contribution in [0.2, 0.25) is 0 Å². The summed E-state index contributed by atoms with van der Waals surface area (Å²) in [6, 6.07) is 5.25. The molecule has 0 bridgehead atoms. The minimum atomic E-state index is -0.0826. The molecule has 0 spiro atoms. The molecule has 5 heteroatoms. The highest BCUT2D eigenvalue weighted by molar-refractivity contribution is 5.94. The topological polar surface area (TPSA) is 64.6 Å². The van der Waals surface area contributed by atoms with Crippen molar-refractivity contribution in [3.05, 3.63) is 18.2 Å². The average Bonchev–Trinajstić information content (AvgIpc) is 2.47. The van der Waals surface area contributed by atoms with Crippen LogP contribution in [0.1, 0.15) is 25.7 Å². The number of rotatable bonds is 4. The molecule has 1 aromatic carbocycles. The number of hydrogen-bond donors (Lipinski definition) is 1. The fraction of sp³-hybridized carbons (Fsp3) is 0.467. The summed E-state index contributed by atoms with van der Waals surface area (Å²) >= 11 is 0. The summed E-state index contributed by atoms with van der Waals surface area (Å²) in [5.41, 5.74) is 0.671. The second-order valence-corrected chi connectivity index (χ2v) is 4.87. The maximum absolute atomic E-state index is 12.1. The summed E-state index contributed by atoms with van der Waals surface area (Å²) in [5, 5.41) is 2.87. The number of carbonyl (C=O) groups is 2. The van der Waals surface area contributed by atoms with Crippen LogP contribution in [-0.4, -0.2) is 25.9 Å². The Hall–Kier alpha value is -2.04. The van der Waals surface area contributed by atoms with Crippen LogP contribution < -0.4 is 14.8 Å². The number of anilines is 1. The van der Waals surface area contributed by atoms with Crippen LogP contribution in [0.3, 0.4) is 0 Å². The van der Waals surface area contributed by atoms with Crippen LogP contribution in [0.4, 0.5) is 5.69 Å². The molecule has 1 saturated carbocycles. The van der Waals surface area contributed by atoms with Gasteiger partial charge in [-0.05, 0) is 25.0 Å². The SMILES string of the molecule is COc1ccc(NC(=O)C2CCC(=O)CC2)cc1OC. The normalized spacial score (nSPS) is 15.8. The highest BCUT2D eigenvalue weighted by Gasteiger charge is 2.24. The molecule has 0 heterocycles. The van der Waals surface area contributed by atoms with Gasteiger partial charge in [-0.3, -0.25) is 9.59 Å². The van der Waals surface area contributed by atoms with Gasteiger partial charge in [-0.2, -0.15) is 0 Å². The number of ketones is 1. The van der Waals surface area contributed by atoms with Crippen molar-refractivity contribution in [3.8, 4) is 11.5 Å². The van der Waals surface area contributed by atoms with Gasteiger partial charge in [-0.25, -0.2) is 0 Å². The Morgan fingerprint density at radius 1 is 1.15 bits per heavy atom. The van der Waals surface area contributed by atoms with E-state index in [2.05, 4.69) is 5.32 Å². The first-order chi connectivity index (χ1) is 9.63. The largest absolute Gasteiger partial charge is 0.493 e. The Morgan fingerprint density at radius 2 is 1.80 bits per heavy atom. The molecule has 0 aromatic heterocycles. The number of nitrogens with one attached hydrogen (secondary N) is 1. The molecule has 1 N–H and O–H groups in total. The van der Waals surface area contributed by atoms with E-state index >= 15 is 0 Å². The lowest BCUT2D eigenvalue weighted by atomic mass is 9.88. The van der Waals surface area contributed by atoms with Crippen molar-refractivity contribution < 1.29 is 19.1 Å². The van der Waals surface area contributed by atoms with Crippen molar-refractivity contribution in [2.45, 2.75) is 25.7 Å². The zero-order valence-electron chi connectivity index (χ0n) is 11.8. The Bertz CT molecular complexity index is 503. The van der Waals surface area contributed by atoms with Crippen LogP contribution in [0, 0.1) is 5.92 Å². The van der Waals surface area contributed by atoms with Gasteiger partial charge < -0.3 is 14.8 Å². The lowest BCUT2D eigenvalue weighted by molar-refractivity contribution is -0.125. The number of amides is 1. The fourth-order valence-electron chi connectivity index (χ4n) is 2.36. The molecule has 0 radical (unpaired) electrons. The second kappa shape index (κ2) is 6.41. The smallest absolute Gasteiger partial charge is 0.227 e. The Balaban J connectivity index is 2.02. The van der Waals surface area contributed by atoms with Gasteiger partial charge >= 0.3 is 0 Å². The van der Waals surface area contributed by atoms with Gasteiger partial charge in [0.25, 0.3) is 0 Å². The van der Waals surface area contributed by atoms with Crippen LogP contribution in [0.25, 0.3) is 0 Å². The van der Waals surface area contributed by atoms with Gasteiger partial charge in [0.15, 0.2) is 11.5 Å². The summed E-state index contributed by atoms with van der Waals surface area (Å²) < 4.78 is 10.3. The Kier molecular flexibility index (Phi) is 4.61. The average molecular weight is 277 g/mol. The maximum Gasteiger partial charge on any atom is 0.227 e. The number of hydrogen-bond acceptors (Lipinski definition) is 4. The third-order valence-electron chi connectivity index (χ3n) is 3.57. The summed E-state index contributed by atoms with van der Waals surface area (Å²) in [5.74, 6) is 1.32. The molecule has 108 valence electrons. The zero-order chi connectivity index (χ0) is 14.5. The van der Waals surface area contributed by atoms with Gasteiger partial charge in [0.1, 0.15) is 5.78 Å². The van der Waals surface area contributed by atoms with E-state index in [1.54, 1.807) is 32.4 Å². The van der Waals surface area contributed by atoms with Crippen molar-refractivity contribution in [1.82, 2.24) is 0 Å². The van der Waals surface area contributed by atoms with Gasteiger partial charge in [-0.15, -0.1) is 0 Å². The number of ether oxygens (including phenoxy) is 2. The van der Waals surface area contributed by atoms with E-state index < -0.39 is 0 Å². The molecular formula is C15H19NO4. The summed E-state index contributed by atoms with van der Waals surface area (Å²) in [7, 11) is 3.12. The molecule has 1 amide bonds. The van der Waals surface area contributed by atoms with E-state index in [1.165, 1.54) is 0 Å². The highest BCUT2D eigenvalue weighted by atomic mass is 16.5. The van der Waals surface area contributed by atoms with Crippen molar-refractivity contribution in [1.29, 1.82) is 0 Å². The number of methoxy groups -OCH3 is 2. The third kappa shape index (κ3) is 3.29. The minimum absolute atomic E-state index is 0.0373. The summed E-state index contributed by atoms with van der Waals surface area (Å²) in [4.78, 5) is 23.3. The third-order valence-corrected chi connectivity index (χ3v) is 3.57. The molecule has 20 heavy (non-hydrogen) atoms. The van der Waals surface area contributed by atoms with E-state index in [0.717, 1.165) is 0 Å². The maximum atomic E-state index is 12.1. The van der Waals surface area contributed by atoms with Crippen LogP contribution in [-0.2, 0) is 9.59 Å². The van der Waals surface area contributed by atoms with E-state index in [9.17, 15) is 9.59 Å². The molecule has 1 aliphatic rings. The molecule has 5 nitrogen and oxygen atoms in total. The van der Waals surface area contributed by atoms with E-state index in [-0.39, 0.29) is 17.6 Å². The molecule has 1 fully saturated rings. The first kappa shape index (κ1) is 14.4. The van der Waals surface area contributed by atoms with Gasteiger partial charge in [0, 0.05) is 30.5 Å². The first-order valence-corrected chi connectivity index (χ1v) is 6.68. The van der Waals surface area contributed by atoms with Gasteiger partial charge in [0.05, 0.1) is 14.2 Å². The minimum Gasteiger partial charge on any atom is -0.493 e. The monoisotopic (exact) mass is 277 g/mol. The lowest BCUT2D eigenvalue weighted by Crippen LogP contribution is -2.27. The molecule has 1 aliphatic carbocycles. The molecule has 0 atom stereocenters. The molecule has 0 aliphatic heterocycles. The first-order valence-electron chi connectivity index (χ1n) is 6.68. The van der Waals surface area contributed by atoms with E-state index in [1.807, 2.05) is 0 Å². The predicted molar refractivity (Wildman–Crippen MR) is 75.1 cm³/mol. The standard InChI is InChI=1S/C15H19NO4/c1-19-13-8-5-11(9-14(13)20-2)16-15(18)10-3-6-12(17)7-4-10/h5,8-10H,3-4,6-7H2,1-2H3,(H,16,18). The van der Waals surface area contributed by atoms with Crippen LogP contribution in [0.15, 0.2) is 18.2 Å². The number of Topliss-reactive ketones (excluding diaryl/α,β-unsaturated/α-hetero) is 1. The lowest BCUT2D eigenvalue weighted by Gasteiger charge is -2.20. The Morgan fingerprint density at radius 3 is 2.40 bits per heavy atom. The van der Waals surface area contributed by atoms with E-state index in [0.29, 0.717) is 42.9 Å². The summed E-state index contributed by atoms with van der Waals surface area (Å²) in [6.45, 7) is 0. The van der Waals surface area contributed by atoms with Crippen molar-refractivity contribution >= 4 is 17.4 Å². The summed E-state index contributed by atoms with van der Waals surface area (Å²) in [6.07, 6.45) is 2.28. The van der Waals surface area contributed by atoms with Crippen molar-refractivity contribution in [2.75, 3.05) is 19.5 Å². The van der Waals surface area contributed by atoms with Crippen molar-refractivity contribution in [2.24, 2.45) is 5.92 Å². The quantitative estimate of drug-likeness (QED) is 0.917. The highest BCUT2D eigenvalue weighted by Crippen LogP contribution is 2.30. The molecule has 0 saturated heterocycles. The Labute approximate surface area is 118 Å². The van der Waals surface area contributed by atoms with Crippen LogP contribution >= 0.6 is 0 Å². The number of carbonyl (C=O) groups excluding carboxylic acids is 2. The fourth-order valence-corrected chi connectivity index (χ4v) is 2.36. The molecule has 2 rings (SSSR count). The van der Waals surface area contributed by atoms with E-state index in [4.69, 9.17) is 9.47 Å². The molecule has 0 unspecified atom stereocenters. The number of benzene rings is 1. The zero-order valence-corrected chi connectivity index (χ0v) is 11.8. The van der Waals surface area contributed by atoms with Crippen LogP contribution in [0.5, 0.6) is 11.5 Å². The second-order valence-electron chi connectivity index (χ2n) is 4.87.